The van der Waals surface area contributed by atoms with E-state index < -0.39 is 11.9 Å². The molecule has 1 aliphatic heterocycles. The summed E-state index contributed by atoms with van der Waals surface area (Å²) in [4.78, 5) is 7.28. The van der Waals surface area contributed by atoms with Crippen molar-refractivity contribution in [3.05, 3.63) is 23.8 Å². The number of piperidine rings is 1. The third-order valence-corrected chi connectivity index (χ3v) is 4.05. The molecular weight excluding hydrogens is 255 g/mol. The first-order valence-corrected chi connectivity index (χ1v) is 6.64. The Kier molecular flexibility index (Phi) is 3.20. The number of fused-ring (bicyclic) bond motifs is 1. The largest absolute Gasteiger partial charge is 0.434 e. The molecule has 1 aliphatic carbocycles. The van der Waals surface area contributed by atoms with Crippen molar-refractivity contribution >= 4 is 0 Å². The van der Waals surface area contributed by atoms with Gasteiger partial charge in [-0.1, -0.05) is 0 Å². The first kappa shape index (κ1) is 12.8. The molecule has 1 aromatic rings. The van der Waals surface area contributed by atoms with E-state index in [-0.39, 0.29) is 0 Å². The van der Waals surface area contributed by atoms with E-state index >= 15 is 0 Å². The van der Waals surface area contributed by atoms with Crippen molar-refractivity contribution in [2.24, 2.45) is 11.8 Å². The third kappa shape index (κ3) is 3.05. The smallest absolute Gasteiger partial charge is 0.314 e. The van der Waals surface area contributed by atoms with Gasteiger partial charge >= 0.3 is 6.18 Å². The second-order valence-electron chi connectivity index (χ2n) is 5.53. The van der Waals surface area contributed by atoms with Crippen molar-refractivity contribution in [2.45, 2.75) is 37.9 Å². The van der Waals surface area contributed by atoms with Gasteiger partial charge in [-0.25, -0.2) is 4.98 Å². The highest BCUT2D eigenvalue weighted by atomic mass is 19.4. The number of rotatable bonds is 3. The second-order valence-corrected chi connectivity index (χ2v) is 5.53. The minimum absolute atomic E-state index is 0.417. The SMILES string of the molecule is FC(F)(F)c1cncc(CC[C@@H]2C[C@H]3C[C@H]3CN2)n1. The van der Waals surface area contributed by atoms with E-state index in [9.17, 15) is 13.2 Å². The molecule has 1 N–H and O–H groups in total. The molecule has 1 saturated heterocycles. The van der Waals surface area contributed by atoms with Gasteiger partial charge < -0.3 is 5.32 Å². The predicted octanol–water partition coefficient (Wildman–Crippen LogP) is 2.43. The molecule has 3 nitrogen and oxygen atoms in total. The molecule has 1 saturated carbocycles. The highest BCUT2D eigenvalue weighted by Crippen LogP contribution is 2.44. The standard InChI is InChI=1S/C13H16F3N3/c14-13(15,16)12-7-17-6-11(19-12)2-1-10-4-8-3-9(8)5-18-10/h6-10,18H,1-5H2/t8-,9+,10-/m1/s1. The zero-order valence-corrected chi connectivity index (χ0v) is 10.5. The molecule has 104 valence electrons. The first-order valence-electron chi connectivity index (χ1n) is 6.64. The molecule has 1 aromatic heterocycles. The minimum atomic E-state index is -4.41. The van der Waals surface area contributed by atoms with Crippen LogP contribution in [0.2, 0.25) is 0 Å². The van der Waals surface area contributed by atoms with Gasteiger partial charge in [0.05, 0.1) is 11.9 Å². The molecule has 6 heteroatoms. The maximum Gasteiger partial charge on any atom is 0.434 e. The van der Waals surface area contributed by atoms with Gasteiger partial charge in [0.1, 0.15) is 0 Å². The molecule has 2 fully saturated rings. The van der Waals surface area contributed by atoms with Crippen LogP contribution in [-0.2, 0) is 12.6 Å². The van der Waals surface area contributed by atoms with Gasteiger partial charge in [-0.2, -0.15) is 13.2 Å². The van der Waals surface area contributed by atoms with Gasteiger partial charge in [0.15, 0.2) is 5.69 Å². The van der Waals surface area contributed by atoms with Crippen LogP contribution >= 0.6 is 0 Å². The molecule has 3 rings (SSSR count). The summed E-state index contributed by atoms with van der Waals surface area (Å²) in [6.45, 7) is 1.06. The number of nitrogens with one attached hydrogen (secondary N) is 1. The van der Waals surface area contributed by atoms with Crippen molar-refractivity contribution in [3.63, 3.8) is 0 Å². The highest BCUT2D eigenvalue weighted by Gasteiger charge is 2.41. The minimum Gasteiger partial charge on any atom is -0.314 e. The van der Waals surface area contributed by atoms with Crippen molar-refractivity contribution in [1.29, 1.82) is 0 Å². The van der Waals surface area contributed by atoms with E-state index in [4.69, 9.17) is 0 Å². The lowest BCUT2D eigenvalue weighted by Gasteiger charge is -2.22. The Morgan fingerprint density at radius 2 is 2.05 bits per heavy atom. The van der Waals surface area contributed by atoms with Gasteiger partial charge in [0, 0.05) is 12.2 Å². The average Bonchev–Trinajstić information content (AvgIpc) is 3.14. The maximum absolute atomic E-state index is 12.5. The van der Waals surface area contributed by atoms with Crippen LogP contribution in [-0.4, -0.2) is 22.6 Å². The fourth-order valence-electron chi connectivity index (χ4n) is 2.82. The summed E-state index contributed by atoms with van der Waals surface area (Å²) in [5.41, 5.74) is -0.474. The van der Waals surface area contributed by atoms with Crippen molar-refractivity contribution in [2.75, 3.05) is 6.54 Å². The first-order chi connectivity index (χ1) is 9.02. The summed E-state index contributed by atoms with van der Waals surface area (Å²) in [7, 11) is 0. The number of aromatic nitrogens is 2. The fraction of sp³-hybridized carbons (Fsp3) is 0.692. The molecule has 0 unspecified atom stereocenters. The fourth-order valence-corrected chi connectivity index (χ4v) is 2.82. The molecule has 3 atom stereocenters. The molecule has 19 heavy (non-hydrogen) atoms. The van der Waals surface area contributed by atoms with Crippen molar-refractivity contribution in [3.8, 4) is 0 Å². The van der Waals surface area contributed by atoms with Gasteiger partial charge in [-0.3, -0.25) is 4.98 Å². The van der Waals surface area contributed by atoms with E-state index in [2.05, 4.69) is 15.3 Å². The molecule has 0 amide bonds. The van der Waals surface area contributed by atoms with Crippen LogP contribution in [0, 0.1) is 11.8 Å². The quantitative estimate of drug-likeness (QED) is 0.917. The monoisotopic (exact) mass is 271 g/mol. The van der Waals surface area contributed by atoms with Crippen molar-refractivity contribution in [1.82, 2.24) is 15.3 Å². The lowest BCUT2D eigenvalue weighted by molar-refractivity contribution is -0.141. The average molecular weight is 271 g/mol. The topological polar surface area (TPSA) is 37.8 Å². The zero-order chi connectivity index (χ0) is 13.5. The Labute approximate surface area is 109 Å². The number of halogens is 3. The van der Waals surface area contributed by atoms with E-state index in [1.807, 2.05) is 0 Å². The van der Waals surface area contributed by atoms with E-state index in [0.29, 0.717) is 18.2 Å². The van der Waals surface area contributed by atoms with Gasteiger partial charge in [-0.15, -0.1) is 0 Å². The Balaban J connectivity index is 1.57. The molecule has 0 spiro atoms. The molecule has 2 heterocycles. The Bertz CT molecular complexity index is 461. The summed E-state index contributed by atoms with van der Waals surface area (Å²) in [6, 6.07) is 0.417. The number of hydrogen-bond donors (Lipinski definition) is 1. The highest BCUT2D eigenvalue weighted by molar-refractivity contribution is 5.07. The van der Waals surface area contributed by atoms with Gasteiger partial charge in [0.2, 0.25) is 0 Å². The summed E-state index contributed by atoms with van der Waals surface area (Å²) >= 11 is 0. The number of aryl methyl sites for hydroxylation is 1. The third-order valence-electron chi connectivity index (χ3n) is 4.05. The molecule has 0 aromatic carbocycles. The Morgan fingerprint density at radius 1 is 1.21 bits per heavy atom. The van der Waals surface area contributed by atoms with Crippen LogP contribution in [0.4, 0.5) is 13.2 Å². The summed E-state index contributed by atoms with van der Waals surface area (Å²) in [6.07, 6.45) is 1.64. The normalized spacial score (nSPS) is 29.9. The molecule has 0 radical (unpaired) electrons. The summed E-state index contributed by atoms with van der Waals surface area (Å²) < 4.78 is 37.5. The van der Waals surface area contributed by atoms with Gasteiger partial charge in [-0.05, 0) is 44.1 Å². The Morgan fingerprint density at radius 3 is 2.79 bits per heavy atom. The van der Waals surface area contributed by atoms with Crippen LogP contribution in [0.1, 0.15) is 30.7 Å². The van der Waals surface area contributed by atoms with Crippen LogP contribution in [0.5, 0.6) is 0 Å². The number of alkyl halides is 3. The molecular formula is C13H16F3N3. The zero-order valence-electron chi connectivity index (χ0n) is 10.5. The maximum atomic E-state index is 12.5. The Hall–Kier alpha value is -1.17. The number of hydrogen-bond acceptors (Lipinski definition) is 3. The van der Waals surface area contributed by atoms with Crippen LogP contribution in [0.15, 0.2) is 12.4 Å². The van der Waals surface area contributed by atoms with Gasteiger partial charge in [0.25, 0.3) is 0 Å². The molecule has 0 bridgehead atoms. The van der Waals surface area contributed by atoms with Crippen molar-refractivity contribution < 1.29 is 13.2 Å². The van der Waals surface area contributed by atoms with Crippen LogP contribution < -0.4 is 5.32 Å². The summed E-state index contributed by atoms with van der Waals surface area (Å²) in [5.74, 6) is 1.70. The lowest BCUT2D eigenvalue weighted by atomic mass is 9.99. The predicted molar refractivity (Wildman–Crippen MR) is 63.4 cm³/mol. The van der Waals surface area contributed by atoms with Crippen LogP contribution in [0.25, 0.3) is 0 Å². The van der Waals surface area contributed by atoms with Crippen LogP contribution in [0.3, 0.4) is 0 Å². The van der Waals surface area contributed by atoms with E-state index in [0.717, 1.165) is 37.4 Å². The summed E-state index contributed by atoms with van der Waals surface area (Å²) in [5, 5.41) is 3.46. The molecule has 2 aliphatic rings. The van der Waals surface area contributed by atoms with E-state index in [1.165, 1.54) is 12.6 Å². The van der Waals surface area contributed by atoms with E-state index in [1.54, 1.807) is 0 Å². The lowest BCUT2D eigenvalue weighted by Crippen LogP contribution is -2.35. The second kappa shape index (κ2) is 4.74. The number of nitrogens with zero attached hydrogens (tertiary/aromatic N) is 2.